The molecule has 3 nitrogen and oxygen atoms in total. The topological polar surface area (TPSA) is 55.1 Å². The van der Waals surface area contributed by atoms with Crippen LogP contribution in [0.25, 0.3) is 0 Å². The fourth-order valence-electron chi connectivity index (χ4n) is 1.49. The molecule has 0 bridgehead atoms. The molecule has 0 saturated carbocycles. The fraction of sp³-hybridized carbons (Fsp3) is 0.462. The molecule has 0 radical (unpaired) electrons. The average molecular weight is 291 g/mol. The first-order valence-electron chi connectivity index (χ1n) is 5.65. The third-order valence-electron chi connectivity index (χ3n) is 2.78. The van der Waals surface area contributed by atoms with Gasteiger partial charge in [0.05, 0.1) is 5.54 Å². The van der Waals surface area contributed by atoms with Crippen LogP contribution in [-0.4, -0.2) is 12.5 Å². The van der Waals surface area contributed by atoms with Gasteiger partial charge in [-0.1, -0.05) is 30.7 Å². The lowest BCUT2D eigenvalue weighted by Gasteiger charge is -2.28. The summed E-state index contributed by atoms with van der Waals surface area (Å²) in [5, 5.41) is 3.64. The minimum absolute atomic E-state index is 0. The van der Waals surface area contributed by atoms with Gasteiger partial charge in [0.25, 0.3) is 0 Å². The Bertz CT molecular complexity index is 408. The number of carbonyl (C=O) groups is 1. The van der Waals surface area contributed by atoms with Gasteiger partial charge in [0, 0.05) is 17.5 Å². The summed E-state index contributed by atoms with van der Waals surface area (Å²) in [6.07, 6.45) is 0. The molecular weight excluding hydrogens is 271 g/mol. The van der Waals surface area contributed by atoms with Crippen molar-refractivity contribution >= 4 is 29.9 Å². The first-order chi connectivity index (χ1) is 7.86. The van der Waals surface area contributed by atoms with Crippen molar-refractivity contribution in [1.82, 2.24) is 5.32 Å². The molecule has 1 aromatic carbocycles. The number of carbonyl (C=O) groups excluding carboxylic acids is 1. The Kier molecular flexibility index (Phi) is 6.68. The quantitative estimate of drug-likeness (QED) is 0.896. The van der Waals surface area contributed by atoms with Crippen LogP contribution in [0.4, 0.5) is 0 Å². The summed E-state index contributed by atoms with van der Waals surface area (Å²) in [5.41, 5.74) is 5.99. The molecular formula is C13H20Cl2N2O. The Balaban J connectivity index is 0.00000289. The molecule has 0 fully saturated rings. The minimum atomic E-state index is -0.453. The number of benzene rings is 1. The van der Waals surface area contributed by atoms with Gasteiger partial charge in [-0.25, -0.2) is 0 Å². The van der Waals surface area contributed by atoms with Crippen molar-refractivity contribution in [1.29, 1.82) is 0 Å². The highest BCUT2D eigenvalue weighted by Crippen LogP contribution is 2.23. The number of hydrogen-bond donors (Lipinski definition) is 2. The zero-order valence-electron chi connectivity index (χ0n) is 10.9. The van der Waals surface area contributed by atoms with Crippen LogP contribution >= 0.6 is 24.0 Å². The molecule has 1 unspecified atom stereocenters. The summed E-state index contributed by atoms with van der Waals surface area (Å²) >= 11 is 5.94. The fourth-order valence-corrected chi connectivity index (χ4v) is 1.68. The molecule has 0 aliphatic heterocycles. The van der Waals surface area contributed by atoms with E-state index in [9.17, 15) is 4.79 Å². The number of halogens is 2. The van der Waals surface area contributed by atoms with Gasteiger partial charge in [0.15, 0.2) is 0 Å². The Hall–Kier alpha value is -0.770. The minimum Gasteiger partial charge on any atom is -0.347 e. The van der Waals surface area contributed by atoms with E-state index in [2.05, 4.69) is 5.32 Å². The highest BCUT2D eigenvalue weighted by Gasteiger charge is 2.24. The Morgan fingerprint density at radius 2 is 2.11 bits per heavy atom. The van der Waals surface area contributed by atoms with Gasteiger partial charge in [-0.05, 0) is 31.5 Å². The molecule has 0 spiro atoms. The van der Waals surface area contributed by atoms with Gasteiger partial charge in [-0.2, -0.15) is 0 Å². The summed E-state index contributed by atoms with van der Waals surface area (Å²) in [6, 6.07) is 7.48. The first kappa shape index (κ1) is 17.2. The summed E-state index contributed by atoms with van der Waals surface area (Å²) in [4.78, 5) is 11.8. The maximum atomic E-state index is 11.8. The predicted molar refractivity (Wildman–Crippen MR) is 78.1 cm³/mol. The van der Waals surface area contributed by atoms with E-state index in [4.69, 9.17) is 17.3 Å². The van der Waals surface area contributed by atoms with Gasteiger partial charge in [-0.15, -0.1) is 12.4 Å². The second-order valence-corrected chi connectivity index (χ2v) is 5.20. The van der Waals surface area contributed by atoms with Gasteiger partial charge in [-0.3, -0.25) is 4.79 Å². The van der Waals surface area contributed by atoms with E-state index >= 15 is 0 Å². The average Bonchev–Trinajstić information content (AvgIpc) is 2.27. The lowest BCUT2D eigenvalue weighted by Crippen LogP contribution is -2.44. The maximum Gasteiger partial charge on any atom is 0.224 e. The summed E-state index contributed by atoms with van der Waals surface area (Å²) in [7, 11) is 0. The monoisotopic (exact) mass is 290 g/mol. The molecule has 0 aromatic heterocycles. The van der Waals surface area contributed by atoms with E-state index in [-0.39, 0.29) is 24.2 Å². The number of rotatable bonds is 4. The van der Waals surface area contributed by atoms with Crippen molar-refractivity contribution in [3.8, 4) is 0 Å². The largest absolute Gasteiger partial charge is 0.347 e. The second kappa shape index (κ2) is 6.98. The summed E-state index contributed by atoms with van der Waals surface area (Å²) in [5.74, 6) is -0.231. The summed E-state index contributed by atoms with van der Waals surface area (Å²) < 4.78 is 0. The molecule has 102 valence electrons. The molecule has 1 rings (SSSR count). The van der Waals surface area contributed by atoms with E-state index in [1.807, 2.05) is 45.0 Å². The zero-order valence-corrected chi connectivity index (χ0v) is 12.4. The maximum absolute atomic E-state index is 11.8. The van der Waals surface area contributed by atoms with E-state index in [0.717, 1.165) is 5.56 Å². The van der Waals surface area contributed by atoms with E-state index in [1.54, 1.807) is 0 Å². The number of amides is 1. The van der Waals surface area contributed by atoms with Crippen LogP contribution in [0.2, 0.25) is 5.02 Å². The predicted octanol–water partition coefficient (Wildman–Crippen LogP) is 2.71. The molecule has 0 heterocycles. The highest BCUT2D eigenvalue weighted by molar-refractivity contribution is 6.30. The van der Waals surface area contributed by atoms with E-state index < -0.39 is 5.54 Å². The van der Waals surface area contributed by atoms with Gasteiger partial charge >= 0.3 is 0 Å². The van der Waals surface area contributed by atoms with Crippen LogP contribution in [0.5, 0.6) is 0 Å². The Labute approximate surface area is 119 Å². The molecule has 18 heavy (non-hydrogen) atoms. The zero-order chi connectivity index (χ0) is 13.1. The molecule has 1 aromatic rings. The molecule has 0 saturated heterocycles. The molecule has 1 atom stereocenters. The van der Waals surface area contributed by atoms with Crippen LogP contribution in [-0.2, 0) is 10.3 Å². The molecule has 5 heteroatoms. The standard InChI is InChI=1S/C13H19ClN2O.ClH/c1-9(8-15)12(17)16-13(2,3)10-5-4-6-11(14)7-10;/h4-7,9H,8,15H2,1-3H3,(H,16,17);1H. The molecule has 1 amide bonds. The Morgan fingerprint density at radius 1 is 1.50 bits per heavy atom. The van der Waals surface area contributed by atoms with Crippen LogP contribution < -0.4 is 11.1 Å². The second-order valence-electron chi connectivity index (χ2n) is 4.76. The van der Waals surface area contributed by atoms with Crippen molar-refractivity contribution in [3.63, 3.8) is 0 Å². The van der Waals surface area contributed by atoms with Crippen LogP contribution in [0.15, 0.2) is 24.3 Å². The van der Waals surface area contributed by atoms with E-state index in [0.29, 0.717) is 11.6 Å². The smallest absolute Gasteiger partial charge is 0.224 e. The third kappa shape index (κ3) is 4.48. The Morgan fingerprint density at radius 3 is 2.61 bits per heavy atom. The third-order valence-corrected chi connectivity index (χ3v) is 3.02. The van der Waals surface area contributed by atoms with Crippen molar-refractivity contribution in [2.75, 3.05) is 6.54 Å². The van der Waals surface area contributed by atoms with Crippen molar-refractivity contribution in [2.24, 2.45) is 11.7 Å². The van der Waals surface area contributed by atoms with Crippen LogP contribution in [0.1, 0.15) is 26.3 Å². The van der Waals surface area contributed by atoms with E-state index in [1.165, 1.54) is 0 Å². The molecule has 3 N–H and O–H groups in total. The van der Waals surface area contributed by atoms with Crippen LogP contribution in [0.3, 0.4) is 0 Å². The normalized spacial score (nSPS) is 12.5. The summed E-state index contributed by atoms with van der Waals surface area (Å²) in [6.45, 7) is 6.04. The van der Waals surface area contributed by atoms with Crippen molar-refractivity contribution in [2.45, 2.75) is 26.3 Å². The first-order valence-corrected chi connectivity index (χ1v) is 6.02. The SMILES string of the molecule is CC(CN)C(=O)NC(C)(C)c1cccc(Cl)c1.Cl. The number of nitrogens with two attached hydrogens (primary N) is 1. The van der Waals surface area contributed by atoms with Crippen LogP contribution in [0, 0.1) is 5.92 Å². The lowest BCUT2D eigenvalue weighted by molar-refractivity contribution is -0.125. The lowest BCUT2D eigenvalue weighted by atomic mass is 9.93. The molecule has 0 aliphatic carbocycles. The van der Waals surface area contributed by atoms with Gasteiger partial charge < -0.3 is 11.1 Å². The van der Waals surface area contributed by atoms with Gasteiger partial charge in [0.2, 0.25) is 5.91 Å². The highest BCUT2D eigenvalue weighted by atomic mass is 35.5. The van der Waals surface area contributed by atoms with Gasteiger partial charge in [0.1, 0.15) is 0 Å². The van der Waals surface area contributed by atoms with Crippen molar-refractivity contribution < 1.29 is 4.79 Å². The molecule has 0 aliphatic rings. The van der Waals surface area contributed by atoms with Crippen molar-refractivity contribution in [3.05, 3.63) is 34.9 Å². The number of nitrogens with one attached hydrogen (secondary N) is 1. The number of hydrogen-bond acceptors (Lipinski definition) is 2.